The smallest absolute Gasteiger partial charge is 0.221 e. The zero-order valence-corrected chi connectivity index (χ0v) is 13.7. The van der Waals surface area contributed by atoms with E-state index in [-0.39, 0.29) is 17.1 Å². The third-order valence-corrected chi connectivity index (χ3v) is 5.30. The number of carbonyl (C=O) groups excluding carboxylic acids is 2. The zero-order valence-electron chi connectivity index (χ0n) is 12.9. The summed E-state index contributed by atoms with van der Waals surface area (Å²) in [6.07, 6.45) is 3.08. The standard InChI is InChI=1S/C16H23NO2S/c1-9(18)14-12-7-6-11(16(3,4)5)8-13(12)20-15(14)17-10(2)19/h11H,6-8H2,1-5H3,(H,17,19). The van der Waals surface area contributed by atoms with E-state index in [9.17, 15) is 9.59 Å². The van der Waals surface area contributed by atoms with Gasteiger partial charge in [-0.15, -0.1) is 11.3 Å². The lowest BCUT2D eigenvalue weighted by molar-refractivity contribution is -0.114. The highest BCUT2D eigenvalue weighted by molar-refractivity contribution is 7.17. The second kappa shape index (κ2) is 5.32. The highest BCUT2D eigenvalue weighted by Crippen LogP contribution is 2.44. The molecule has 2 rings (SSSR count). The van der Waals surface area contributed by atoms with Crippen LogP contribution in [0.25, 0.3) is 0 Å². The number of carbonyl (C=O) groups is 2. The maximum absolute atomic E-state index is 11.9. The van der Waals surface area contributed by atoms with Crippen molar-refractivity contribution >= 4 is 28.0 Å². The molecule has 1 aromatic heterocycles. The van der Waals surface area contributed by atoms with Gasteiger partial charge in [0.2, 0.25) is 5.91 Å². The maximum atomic E-state index is 11.9. The van der Waals surface area contributed by atoms with Gasteiger partial charge in [0.05, 0.1) is 5.56 Å². The Balaban J connectivity index is 2.39. The fraction of sp³-hybridized carbons (Fsp3) is 0.625. The van der Waals surface area contributed by atoms with E-state index >= 15 is 0 Å². The molecule has 0 fully saturated rings. The van der Waals surface area contributed by atoms with E-state index in [1.165, 1.54) is 17.4 Å². The molecule has 0 bridgehead atoms. The predicted octanol–water partition coefficient (Wildman–Crippen LogP) is 4.06. The lowest BCUT2D eigenvalue weighted by Crippen LogP contribution is -2.26. The molecule has 1 N–H and O–H groups in total. The molecule has 0 aliphatic heterocycles. The van der Waals surface area contributed by atoms with Crippen molar-refractivity contribution in [3.63, 3.8) is 0 Å². The van der Waals surface area contributed by atoms with E-state index in [1.807, 2.05) is 0 Å². The monoisotopic (exact) mass is 293 g/mol. The number of hydrogen-bond acceptors (Lipinski definition) is 3. The minimum Gasteiger partial charge on any atom is -0.317 e. The maximum Gasteiger partial charge on any atom is 0.221 e. The Labute approximate surface area is 124 Å². The van der Waals surface area contributed by atoms with Crippen LogP contribution in [0.15, 0.2) is 0 Å². The van der Waals surface area contributed by atoms with E-state index in [1.54, 1.807) is 18.3 Å². The number of amides is 1. The van der Waals surface area contributed by atoms with E-state index in [0.717, 1.165) is 29.8 Å². The van der Waals surface area contributed by atoms with Gasteiger partial charge in [-0.2, -0.15) is 0 Å². The molecule has 0 aromatic carbocycles. The Bertz CT molecular complexity index is 552. The molecule has 110 valence electrons. The first-order chi connectivity index (χ1) is 9.20. The summed E-state index contributed by atoms with van der Waals surface area (Å²) in [5.74, 6) is 0.581. The molecule has 20 heavy (non-hydrogen) atoms. The molecule has 0 spiro atoms. The molecule has 1 aliphatic carbocycles. The second-order valence-electron chi connectivity index (χ2n) is 6.75. The molecular weight excluding hydrogens is 270 g/mol. The third kappa shape index (κ3) is 2.95. The van der Waals surface area contributed by atoms with Crippen LogP contribution in [0, 0.1) is 11.3 Å². The Morgan fingerprint density at radius 2 is 1.90 bits per heavy atom. The van der Waals surface area contributed by atoms with Crippen molar-refractivity contribution in [3.05, 3.63) is 16.0 Å². The summed E-state index contributed by atoms with van der Waals surface area (Å²) in [4.78, 5) is 24.5. The van der Waals surface area contributed by atoms with E-state index in [2.05, 4.69) is 26.1 Å². The van der Waals surface area contributed by atoms with Crippen LogP contribution in [0.3, 0.4) is 0 Å². The van der Waals surface area contributed by atoms with Gasteiger partial charge in [-0.1, -0.05) is 20.8 Å². The van der Waals surface area contributed by atoms with Crippen molar-refractivity contribution in [2.24, 2.45) is 11.3 Å². The number of rotatable bonds is 2. The van der Waals surface area contributed by atoms with Gasteiger partial charge >= 0.3 is 0 Å². The highest BCUT2D eigenvalue weighted by atomic mass is 32.1. The first kappa shape index (κ1) is 15.2. The largest absolute Gasteiger partial charge is 0.317 e. The minimum absolute atomic E-state index is 0.0560. The number of fused-ring (bicyclic) bond motifs is 1. The van der Waals surface area contributed by atoms with Crippen LogP contribution >= 0.6 is 11.3 Å². The molecule has 4 heteroatoms. The summed E-state index contributed by atoms with van der Waals surface area (Å²) in [6.45, 7) is 9.90. The summed E-state index contributed by atoms with van der Waals surface area (Å²) < 4.78 is 0. The van der Waals surface area contributed by atoms with Crippen molar-refractivity contribution in [2.75, 3.05) is 5.32 Å². The first-order valence-electron chi connectivity index (χ1n) is 7.13. The molecule has 1 amide bonds. The van der Waals surface area contributed by atoms with Crippen LogP contribution in [0.1, 0.15) is 61.8 Å². The van der Waals surface area contributed by atoms with Gasteiger partial charge in [-0.3, -0.25) is 9.59 Å². The average Bonchev–Trinajstić information content (AvgIpc) is 2.63. The van der Waals surface area contributed by atoms with Crippen LogP contribution < -0.4 is 5.32 Å². The molecular formula is C16H23NO2S. The highest BCUT2D eigenvalue weighted by Gasteiger charge is 2.33. The van der Waals surface area contributed by atoms with Crippen molar-refractivity contribution in [1.82, 2.24) is 0 Å². The Morgan fingerprint density at radius 3 is 2.40 bits per heavy atom. The van der Waals surface area contributed by atoms with E-state index in [4.69, 9.17) is 0 Å². The molecule has 1 atom stereocenters. The van der Waals surface area contributed by atoms with Crippen LogP contribution in [-0.2, 0) is 17.6 Å². The number of nitrogens with one attached hydrogen (secondary N) is 1. The lowest BCUT2D eigenvalue weighted by Gasteiger charge is -2.33. The molecule has 3 nitrogen and oxygen atoms in total. The number of hydrogen-bond donors (Lipinski definition) is 1. The Hall–Kier alpha value is -1.16. The van der Waals surface area contributed by atoms with Gasteiger partial charge < -0.3 is 5.32 Å². The average molecular weight is 293 g/mol. The lowest BCUT2D eigenvalue weighted by atomic mass is 9.72. The first-order valence-corrected chi connectivity index (χ1v) is 7.95. The summed E-state index contributed by atoms with van der Waals surface area (Å²) in [5.41, 5.74) is 2.20. The van der Waals surface area contributed by atoms with Crippen LogP contribution in [-0.4, -0.2) is 11.7 Å². The van der Waals surface area contributed by atoms with Crippen LogP contribution in [0.5, 0.6) is 0 Å². The molecule has 0 saturated heterocycles. The van der Waals surface area contributed by atoms with Crippen molar-refractivity contribution in [1.29, 1.82) is 0 Å². The topological polar surface area (TPSA) is 46.2 Å². The summed E-state index contributed by atoms with van der Waals surface area (Å²) in [6, 6.07) is 0. The van der Waals surface area contributed by atoms with Crippen LogP contribution in [0.2, 0.25) is 0 Å². The quantitative estimate of drug-likeness (QED) is 0.836. The fourth-order valence-corrected chi connectivity index (χ4v) is 4.37. The van der Waals surface area contributed by atoms with Crippen molar-refractivity contribution in [2.45, 2.75) is 53.9 Å². The third-order valence-electron chi connectivity index (χ3n) is 4.13. The van der Waals surface area contributed by atoms with Gasteiger partial charge in [0, 0.05) is 11.8 Å². The molecule has 1 aliphatic rings. The Kier molecular flexibility index (Phi) is 4.05. The summed E-state index contributed by atoms with van der Waals surface area (Å²) in [7, 11) is 0. The molecule has 0 saturated carbocycles. The van der Waals surface area contributed by atoms with E-state index in [0.29, 0.717) is 5.92 Å². The fourth-order valence-electron chi connectivity index (χ4n) is 2.95. The minimum atomic E-state index is -0.113. The van der Waals surface area contributed by atoms with Crippen molar-refractivity contribution < 1.29 is 9.59 Å². The normalized spacial score (nSPS) is 18.6. The van der Waals surface area contributed by atoms with Crippen molar-refractivity contribution in [3.8, 4) is 0 Å². The number of ketones is 1. The molecule has 1 aromatic rings. The predicted molar refractivity (Wildman–Crippen MR) is 83.6 cm³/mol. The van der Waals surface area contributed by atoms with E-state index < -0.39 is 0 Å². The summed E-state index contributed by atoms with van der Waals surface area (Å²) in [5, 5.41) is 3.56. The Morgan fingerprint density at radius 1 is 1.25 bits per heavy atom. The van der Waals surface area contributed by atoms with Gasteiger partial charge in [0.15, 0.2) is 5.78 Å². The SMILES string of the molecule is CC(=O)Nc1sc2c(c1C(C)=O)CCC(C(C)(C)C)C2. The van der Waals surface area contributed by atoms with Gasteiger partial charge in [0.25, 0.3) is 0 Å². The van der Waals surface area contributed by atoms with Crippen LogP contribution in [0.4, 0.5) is 5.00 Å². The van der Waals surface area contributed by atoms with Gasteiger partial charge in [-0.25, -0.2) is 0 Å². The van der Waals surface area contributed by atoms with Gasteiger partial charge in [-0.05, 0) is 43.1 Å². The number of Topliss-reactive ketones (excluding diaryl/α,β-unsaturated/α-hetero) is 1. The number of thiophene rings is 1. The van der Waals surface area contributed by atoms with Gasteiger partial charge in [0.1, 0.15) is 5.00 Å². The summed E-state index contributed by atoms with van der Waals surface area (Å²) >= 11 is 1.59. The zero-order chi connectivity index (χ0) is 15.1. The molecule has 1 heterocycles. The molecule has 1 unspecified atom stereocenters. The number of anilines is 1. The second-order valence-corrected chi connectivity index (χ2v) is 7.86. The molecule has 0 radical (unpaired) electrons.